The van der Waals surface area contributed by atoms with E-state index in [4.69, 9.17) is 4.42 Å². The van der Waals surface area contributed by atoms with Crippen molar-refractivity contribution in [3.63, 3.8) is 0 Å². The van der Waals surface area contributed by atoms with Gasteiger partial charge in [0.15, 0.2) is 0 Å². The highest BCUT2D eigenvalue weighted by Gasteiger charge is 2.40. The molecule has 0 bridgehead atoms. The molecule has 2 aromatic heterocycles. The predicted molar refractivity (Wildman–Crippen MR) is 79.7 cm³/mol. The third-order valence-electron chi connectivity index (χ3n) is 3.75. The molecule has 0 atom stereocenters. The first-order chi connectivity index (χ1) is 9.59. The monoisotopic (exact) mass is 292 g/mol. The van der Waals surface area contributed by atoms with Crippen LogP contribution in [0.4, 0.5) is 0 Å². The number of aliphatic hydroxyl groups is 1. The lowest BCUT2D eigenvalue weighted by Gasteiger charge is -2.46. The van der Waals surface area contributed by atoms with Crippen LogP contribution < -0.4 is 0 Å². The van der Waals surface area contributed by atoms with Gasteiger partial charge in [-0.05, 0) is 24.8 Å². The van der Waals surface area contributed by atoms with Gasteiger partial charge in [0.2, 0.25) is 5.89 Å². The topological polar surface area (TPSA) is 49.5 Å². The molecule has 3 rings (SSSR count). The zero-order valence-electron chi connectivity index (χ0n) is 11.9. The maximum absolute atomic E-state index is 10.2. The minimum atomic E-state index is -0.483. The first kappa shape index (κ1) is 13.8. The maximum Gasteiger partial charge on any atom is 0.236 e. The highest BCUT2D eigenvalue weighted by atomic mass is 32.1. The van der Waals surface area contributed by atoms with Crippen LogP contribution >= 0.6 is 11.3 Å². The van der Waals surface area contributed by atoms with Gasteiger partial charge in [0.1, 0.15) is 5.76 Å². The Morgan fingerprint density at radius 3 is 2.95 bits per heavy atom. The van der Waals surface area contributed by atoms with Crippen LogP contribution in [0.1, 0.15) is 31.2 Å². The van der Waals surface area contributed by atoms with Crippen molar-refractivity contribution >= 4 is 11.3 Å². The van der Waals surface area contributed by atoms with Crippen LogP contribution in [-0.4, -0.2) is 33.7 Å². The number of rotatable bonds is 5. The van der Waals surface area contributed by atoms with E-state index in [-0.39, 0.29) is 0 Å². The fourth-order valence-electron chi connectivity index (χ4n) is 2.81. The summed E-state index contributed by atoms with van der Waals surface area (Å²) in [4.78, 5) is 7.87. The van der Waals surface area contributed by atoms with Crippen molar-refractivity contribution < 1.29 is 9.52 Å². The Morgan fingerprint density at radius 2 is 2.30 bits per heavy atom. The molecule has 0 unspecified atom stereocenters. The summed E-state index contributed by atoms with van der Waals surface area (Å²) in [6, 6.07) is 4.02. The van der Waals surface area contributed by atoms with Gasteiger partial charge in [0.05, 0.1) is 16.2 Å². The van der Waals surface area contributed by atoms with Gasteiger partial charge in [-0.25, -0.2) is 4.98 Å². The third-order valence-corrected chi connectivity index (χ3v) is 4.61. The fourth-order valence-corrected chi connectivity index (χ4v) is 3.46. The summed E-state index contributed by atoms with van der Waals surface area (Å²) in [7, 11) is 0. The minimum absolute atomic E-state index is 0.483. The quantitative estimate of drug-likeness (QED) is 0.920. The van der Waals surface area contributed by atoms with Gasteiger partial charge < -0.3 is 9.52 Å². The van der Waals surface area contributed by atoms with Crippen molar-refractivity contribution in [2.75, 3.05) is 13.1 Å². The lowest BCUT2D eigenvalue weighted by molar-refractivity contribution is -0.107. The second-order valence-corrected chi connectivity index (χ2v) is 6.57. The molecule has 0 spiro atoms. The fraction of sp³-hybridized carbons (Fsp3) is 0.533. The molecule has 20 heavy (non-hydrogen) atoms. The van der Waals surface area contributed by atoms with Crippen molar-refractivity contribution in [3.05, 3.63) is 29.0 Å². The molecule has 0 radical (unpaired) electrons. The smallest absolute Gasteiger partial charge is 0.236 e. The van der Waals surface area contributed by atoms with Crippen LogP contribution in [0.5, 0.6) is 0 Å². The maximum atomic E-state index is 10.2. The Morgan fingerprint density at radius 1 is 1.50 bits per heavy atom. The zero-order valence-corrected chi connectivity index (χ0v) is 12.7. The predicted octanol–water partition coefficient (Wildman–Crippen LogP) is 3.06. The second-order valence-electron chi connectivity index (χ2n) is 5.62. The largest absolute Gasteiger partial charge is 0.440 e. The second kappa shape index (κ2) is 5.31. The number of aryl methyl sites for hydroxylation is 1. The summed E-state index contributed by atoms with van der Waals surface area (Å²) in [5.41, 5.74) is 0.495. The molecular formula is C15H20N2O2S. The molecule has 1 fully saturated rings. The van der Waals surface area contributed by atoms with Crippen LogP contribution in [0.25, 0.3) is 10.8 Å². The van der Waals surface area contributed by atoms with Crippen molar-refractivity contribution in [3.8, 4) is 10.8 Å². The van der Waals surface area contributed by atoms with Crippen LogP contribution in [-0.2, 0) is 6.54 Å². The number of β-amino-alcohol motifs (C(OH)–C–C–N with tert-alkyl or cyclic N) is 1. The van der Waals surface area contributed by atoms with Crippen molar-refractivity contribution in [2.24, 2.45) is 0 Å². The third kappa shape index (κ3) is 2.66. The number of oxazole rings is 1. The molecule has 2 aromatic rings. The van der Waals surface area contributed by atoms with E-state index in [9.17, 15) is 5.11 Å². The molecule has 1 saturated heterocycles. The Labute approximate surface area is 123 Å². The van der Waals surface area contributed by atoms with Gasteiger partial charge in [-0.1, -0.05) is 19.4 Å². The summed E-state index contributed by atoms with van der Waals surface area (Å²) in [6.45, 7) is 6.29. The number of likely N-dealkylation sites (tertiary alicyclic amines) is 1. The molecule has 108 valence electrons. The summed E-state index contributed by atoms with van der Waals surface area (Å²) < 4.78 is 5.74. The van der Waals surface area contributed by atoms with Crippen LogP contribution in [0.2, 0.25) is 0 Å². The molecule has 5 heteroatoms. The van der Waals surface area contributed by atoms with E-state index < -0.39 is 5.60 Å². The summed E-state index contributed by atoms with van der Waals surface area (Å²) in [6.07, 6.45) is 1.90. The van der Waals surface area contributed by atoms with Gasteiger partial charge in [-0.15, -0.1) is 11.3 Å². The summed E-state index contributed by atoms with van der Waals surface area (Å²) >= 11 is 1.63. The normalized spacial score (nSPS) is 18.1. The Bertz CT molecular complexity index is 571. The number of hydrogen-bond acceptors (Lipinski definition) is 5. The van der Waals surface area contributed by atoms with E-state index >= 15 is 0 Å². The van der Waals surface area contributed by atoms with Gasteiger partial charge in [0.25, 0.3) is 0 Å². The molecule has 0 amide bonds. The first-order valence-corrected chi connectivity index (χ1v) is 7.92. The molecule has 0 aromatic carbocycles. The van der Waals surface area contributed by atoms with Crippen LogP contribution in [0, 0.1) is 6.92 Å². The van der Waals surface area contributed by atoms with E-state index in [1.54, 1.807) is 11.3 Å². The van der Waals surface area contributed by atoms with E-state index in [0.717, 1.165) is 48.8 Å². The van der Waals surface area contributed by atoms with Crippen molar-refractivity contribution in [1.29, 1.82) is 0 Å². The average Bonchev–Trinajstić information content (AvgIpc) is 2.98. The minimum Gasteiger partial charge on any atom is -0.440 e. The van der Waals surface area contributed by atoms with Crippen LogP contribution in [0.3, 0.4) is 0 Å². The van der Waals surface area contributed by atoms with Gasteiger partial charge in [0, 0.05) is 19.6 Å². The SMILES string of the molecule is CCCC1(O)CN(Cc2nc(-c3cccs3)oc2C)C1. The van der Waals surface area contributed by atoms with E-state index in [0.29, 0.717) is 5.89 Å². The highest BCUT2D eigenvalue weighted by Crippen LogP contribution is 2.30. The van der Waals surface area contributed by atoms with Gasteiger partial charge in [-0.2, -0.15) is 0 Å². The van der Waals surface area contributed by atoms with E-state index in [2.05, 4.69) is 16.8 Å². The van der Waals surface area contributed by atoms with Gasteiger partial charge in [-0.3, -0.25) is 4.90 Å². The number of nitrogens with zero attached hydrogens (tertiary/aromatic N) is 2. The molecular weight excluding hydrogens is 272 g/mol. The summed E-state index contributed by atoms with van der Waals surface area (Å²) in [5, 5.41) is 12.2. The molecule has 0 aliphatic carbocycles. The van der Waals surface area contributed by atoms with Crippen molar-refractivity contribution in [1.82, 2.24) is 9.88 Å². The molecule has 1 aliphatic heterocycles. The standard InChI is InChI=1S/C15H20N2O2S/c1-3-6-15(18)9-17(10-15)8-12-11(2)19-14(16-12)13-5-4-7-20-13/h4-5,7,18H,3,6,8-10H2,1-2H3. The Kier molecular flexibility index (Phi) is 3.67. The Balaban J connectivity index is 1.65. The first-order valence-electron chi connectivity index (χ1n) is 7.04. The summed E-state index contributed by atoms with van der Waals surface area (Å²) in [5.74, 6) is 1.58. The molecule has 3 heterocycles. The average molecular weight is 292 g/mol. The van der Waals surface area contributed by atoms with E-state index in [1.165, 1.54) is 0 Å². The molecule has 1 N–H and O–H groups in total. The van der Waals surface area contributed by atoms with E-state index in [1.807, 2.05) is 24.4 Å². The van der Waals surface area contributed by atoms with Crippen LogP contribution in [0.15, 0.2) is 21.9 Å². The molecule has 4 nitrogen and oxygen atoms in total. The lowest BCUT2D eigenvalue weighted by atomic mass is 9.89. The van der Waals surface area contributed by atoms with Gasteiger partial charge >= 0.3 is 0 Å². The number of thiophene rings is 1. The zero-order chi connectivity index (χ0) is 14.2. The molecule has 0 saturated carbocycles. The highest BCUT2D eigenvalue weighted by molar-refractivity contribution is 7.13. The lowest BCUT2D eigenvalue weighted by Crippen LogP contribution is -2.61. The number of hydrogen-bond donors (Lipinski definition) is 1. The Hall–Kier alpha value is -1.17. The number of aromatic nitrogens is 1. The van der Waals surface area contributed by atoms with Crippen molar-refractivity contribution in [2.45, 2.75) is 38.8 Å². The molecule has 1 aliphatic rings.